The summed E-state index contributed by atoms with van der Waals surface area (Å²) in [6.45, 7) is 13.3. The first-order valence-corrected chi connectivity index (χ1v) is 25.1. The van der Waals surface area contributed by atoms with Crippen LogP contribution in [0.5, 0.6) is 0 Å². The number of nitrogens with zero attached hydrogens (tertiary/aromatic N) is 4. The number of unbranched alkanes of at least 4 members (excludes halogenated alkanes) is 5. The average molecular weight is 987 g/mol. The topological polar surface area (TPSA) is 189 Å². The fourth-order valence-electron chi connectivity index (χ4n) is 7.87. The molecule has 6 aromatic rings. The fraction of sp³-hybridized carbons (Fsp3) is 0.370. The third kappa shape index (κ3) is 14.4. The normalized spacial score (nSPS) is 12.7. The Balaban J connectivity index is 1.12. The molecule has 0 bridgehead atoms. The van der Waals surface area contributed by atoms with Crippen LogP contribution in [-0.4, -0.2) is 46.7 Å². The molecule has 0 N–H and O–H groups in total. The monoisotopic (exact) mass is 986 g/mol. The van der Waals surface area contributed by atoms with Crippen LogP contribution in [0.15, 0.2) is 103 Å². The summed E-state index contributed by atoms with van der Waals surface area (Å²) in [4.78, 5) is 95.2. The molecular weight excluding hydrogens is 929 g/mol. The van der Waals surface area contributed by atoms with E-state index in [1.165, 1.54) is 50.4 Å². The van der Waals surface area contributed by atoms with Crippen LogP contribution in [0.3, 0.4) is 0 Å². The first kappa shape index (κ1) is 52.6. The first-order chi connectivity index (χ1) is 33.5. The van der Waals surface area contributed by atoms with Gasteiger partial charge in [0, 0.05) is 90.3 Å². The zero-order chi connectivity index (χ0) is 50.5. The molecule has 366 valence electrons. The standard InChI is InChI=1S/C54H58N4O10S2/c1-31(2)25-47(57-67-35(7)61)39-19-23-51-43(29-39)53(63)41-27-37(17-21-49(41)69-51)45(55-65-33(5)59)15-13-11-9-10-12-14-16-46(56-66-34(6)60)38-18-22-50-42(28-38)54(64)44-30-40(20-24-52(44)70-50)48(26-32(3)4)58-68-36(8)62/h17-24,27-32H,9-16,25-26H2,1-8H3. The third-order valence-electron chi connectivity index (χ3n) is 11.1. The van der Waals surface area contributed by atoms with Crippen molar-refractivity contribution in [1.82, 2.24) is 0 Å². The van der Waals surface area contributed by atoms with Gasteiger partial charge in [-0.15, -0.1) is 22.7 Å². The molecule has 0 aliphatic carbocycles. The van der Waals surface area contributed by atoms with Crippen molar-refractivity contribution in [3.63, 3.8) is 0 Å². The van der Waals surface area contributed by atoms with Gasteiger partial charge in [0.1, 0.15) is 0 Å². The summed E-state index contributed by atoms with van der Waals surface area (Å²) in [5.41, 5.74) is 4.73. The van der Waals surface area contributed by atoms with Crippen LogP contribution in [0.1, 0.15) is 142 Å². The third-order valence-corrected chi connectivity index (χ3v) is 13.4. The van der Waals surface area contributed by atoms with E-state index in [4.69, 9.17) is 19.4 Å². The van der Waals surface area contributed by atoms with Crippen LogP contribution in [-0.2, 0) is 38.5 Å². The van der Waals surface area contributed by atoms with Crippen molar-refractivity contribution in [2.75, 3.05) is 0 Å². The minimum absolute atomic E-state index is 0.156. The maximum Gasteiger partial charge on any atom is 0.331 e. The molecular formula is C54H58N4O10S2. The minimum atomic E-state index is -0.548. The summed E-state index contributed by atoms with van der Waals surface area (Å²) >= 11 is 2.98. The van der Waals surface area contributed by atoms with Gasteiger partial charge in [0.15, 0.2) is 10.9 Å². The number of oxime groups is 4. The summed E-state index contributed by atoms with van der Waals surface area (Å²) in [7, 11) is 0. The van der Waals surface area contributed by atoms with Gasteiger partial charge in [0.05, 0.1) is 22.8 Å². The second-order valence-electron chi connectivity index (χ2n) is 18.0. The molecule has 0 aliphatic heterocycles. The molecule has 70 heavy (non-hydrogen) atoms. The number of carbonyl (C=O) groups excluding carboxylic acids is 4. The summed E-state index contributed by atoms with van der Waals surface area (Å²) in [5.74, 6) is -1.69. The predicted molar refractivity (Wildman–Crippen MR) is 280 cm³/mol. The summed E-state index contributed by atoms with van der Waals surface area (Å²) in [6.07, 6.45) is 7.24. The minimum Gasteiger partial charge on any atom is -0.318 e. The Bertz CT molecular complexity index is 2990. The van der Waals surface area contributed by atoms with Crippen molar-refractivity contribution in [3.05, 3.63) is 115 Å². The Morgan fingerprint density at radius 3 is 0.943 bits per heavy atom. The predicted octanol–water partition coefficient (Wildman–Crippen LogP) is 12.1. The van der Waals surface area contributed by atoms with Gasteiger partial charge in [-0.1, -0.05) is 98.3 Å². The second-order valence-corrected chi connectivity index (χ2v) is 20.2. The molecule has 2 aromatic heterocycles. The number of fused-ring (bicyclic) bond motifs is 4. The van der Waals surface area contributed by atoms with Gasteiger partial charge in [-0.05, 0) is 98.9 Å². The van der Waals surface area contributed by atoms with E-state index in [-0.39, 0.29) is 22.7 Å². The summed E-state index contributed by atoms with van der Waals surface area (Å²) in [5, 5.41) is 18.7. The quantitative estimate of drug-likeness (QED) is 0.0221. The van der Waals surface area contributed by atoms with Gasteiger partial charge in [0.2, 0.25) is 0 Å². The van der Waals surface area contributed by atoms with E-state index in [0.29, 0.717) is 92.3 Å². The molecule has 2 heterocycles. The lowest BCUT2D eigenvalue weighted by Gasteiger charge is -2.11. The van der Waals surface area contributed by atoms with E-state index in [9.17, 15) is 28.8 Å². The number of benzene rings is 4. The van der Waals surface area contributed by atoms with Gasteiger partial charge in [-0.2, -0.15) is 0 Å². The average Bonchev–Trinajstić information content (AvgIpc) is 3.31. The zero-order valence-electron chi connectivity index (χ0n) is 40.8. The Kier molecular flexibility index (Phi) is 18.5. The van der Waals surface area contributed by atoms with Gasteiger partial charge < -0.3 is 19.4 Å². The number of hydrogen-bond acceptors (Lipinski definition) is 16. The molecule has 0 saturated heterocycles. The zero-order valence-corrected chi connectivity index (χ0v) is 42.5. The maximum atomic E-state index is 14.1. The van der Waals surface area contributed by atoms with Crippen molar-refractivity contribution in [3.8, 4) is 0 Å². The lowest BCUT2D eigenvalue weighted by molar-refractivity contribution is -0.141. The summed E-state index contributed by atoms with van der Waals surface area (Å²) in [6, 6.07) is 22.3. The summed E-state index contributed by atoms with van der Waals surface area (Å²) < 4.78 is 3.23. The molecule has 0 atom stereocenters. The lowest BCUT2D eigenvalue weighted by Crippen LogP contribution is -2.10. The van der Waals surface area contributed by atoms with E-state index < -0.39 is 23.9 Å². The van der Waals surface area contributed by atoms with Crippen LogP contribution in [0, 0.1) is 11.8 Å². The highest BCUT2D eigenvalue weighted by molar-refractivity contribution is 7.25. The molecule has 14 nitrogen and oxygen atoms in total. The van der Waals surface area contributed by atoms with Gasteiger partial charge in [0.25, 0.3) is 0 Å². The molecule has 0 unspecified atom stereocenters. The van der Waals surface area contributed by atoms with Crippen molar-refractivity contribution in [1.29, 1.82) is 0 Å². The molecule has 0 fully saturated rings. The molecule has 0 amide bonds. The van der Waals surface area contributed by atoms with Crippen LogP contribution in [0.4, 0.5) is 0 Å². The van der Waals surface area contributed by atoms with Crippen molar-refractivity contribution in [2.24, 2.45) is 32.5 Å². The molecule has 4 aromatic carbocycles. The fourth-order valence-corrected chi connectivity index (χ4v) is 9.94. The molecule has 0 spiro atoms. The van der Waals surface area contributed by atoms with E-state index in [1.807, 2.05) is 76.2 Å². The Labute approximate surface area is 414 Å². The van der Waals surface area contributed by atoms with Crippen LogP contribution < -0.4 is 10.9 Å². The van der Waals surface area contributed by atoms with Crippen LogP contribution >= 0.6 is 22.7 Å². The van der Waals surface area contributed by atoms with Crippen LogP contribution in [0.25, 0.3) is 40.3 Å². The largest absolute Gasteiger partial charge is 0.331 e. The van der Waals surface area contributed by atoms with Gasteiger partial charge in [-0.25, -0.2) is 19.2 Å². The van der Waals surface area contributed by atoms with Crippen LogP contribution in [0.2, 0.25) is 0 Å². The number of carbonyl (C=O) groups is 4. The van der Waals surface area contributed by atoms with Crippen molar-refractivity contribution < 1.29 is 38.5 Å². The Hall–Kier alpha value is -6.78. The molecule has 0 radical (unpaired) electrons. The van der Waals surface area contributed by atoms with E-state index in [1.54, 1.807) is 24.3 Å². The Morgan fingerprint density at radius 2 is 0.671 bits per heavy atom. The highest BCUT2D eigenvalue weighted by Crippen LogP contribution is 2.30. The molecule has 0 saturated carbocycles. The van der Waals surface area contributed by atoms with Gasteiger partial charge in [-0.3, -0.25) is 9.59 Å². The van der Waals surface area contributed by atoms with Crippen molar-refractivity contribution in [2.45, 2.75) is 120 Å². The molecule has 16 heteroatoms. The maximum absolute atomic E-state index is 14.1. The van der Waals surface area contributed by atoms with E-state index in [2.05, 4.69) is 20.6 Å². The second kappa shape index (κ2) is 24.7. The lowest BCUT2D eigenvalue weighted by atomic mass is 9.98. The van der Waals surface area contributed by atoms with Gasteiger partial charge >= 0.3 is 23.9 Å². The molecule has 0 aliphatic rings. The smallest absolute Gasteiger partial charge is 0.318 e. The molecule has 6 rings (SSSR count). The first-order valence-electron chi connectivity index (χ1n) is 23.5. The highest BCUT2D eigenvalue weighted by Gasteiger charge is 2.17. The van der Waals surface area contributed by atoms with E-state index >= 15 is 0 Å². The Morgan fingerprint density at radius 1 is 0.414 bits per heavy atom. The number of hydrogen-bond donors (Lipinski definition) is 0. The van der Waals surface area contributed by atoms with E-state index in [0.717, 1.165) is 57.3 Å². The highest BCUT2D eigenvalue weighted by atomic mass is 32.1. The SMILES string of the molecule is CC(=O)ON=C(CCCCCCCCC(=NOC(C)=O)c1ccc2sc3ccc(C(CC(C)C)=NOC(C)=O)cc3c(=O)c2c1)c1ccc2sc3ccc(C(CC(C)C)=NOC(C)=O)cc3c(=O)c2c1. The van der Waals surface area contributed by atoms with Crippen molar-refractivity contribution >= 4 is 110 Å². The number of rotatable bonds is 21.